The third-order valence-corrected chi connectivity index (χ3v) is 3.38. The highest BCUT2D eigenvalue weighted by molar-refractivity contribution is 5.93. The Bertz CT molecular complexity index is 800. The number of rotatable bonds is 6. The summed E-state index contributed by atoms with van der Waals surface area (Å²) in [5.74, 6) is -0.745. The van der Waals surface area contributed by atoms with Gasteiger partial charge in [0.15, 0.2) is 0 Å². The summed E-state index contributed by atoms with van der Waals surface area (Å²) in [5, 5.41) is 2.52. The normalized spacial score (nSPS) is 11.4. The van der Waals surface area contributed by atoms with Gasteiger partial charge in [-0.2, -0.15) is 13.2 Å². The molecule has 0 aliphatic rings. The maximum absolute atomic E-state index is 12.5. The van der Waals surface area contributed by atoms with E-state index in [1.165, 1.54) is 0 Å². The third kappa shape index (κ3) is 5.18. The van der Waals surface area contributed by atoms with Crippen LogP contribution in [0.4, 0.5) is 13.2 Å². The first-order chi connectivity index (χ1) is 11.8. The summed E-state index contributed by atoms with van der Waals surface area (Å²) in [4.78, 5) is 25.4. The standard InChI is InChI=1S/C17H17F3N2O3/c1-2-25-10-12-5-3-4-11(8-12)9-21-15(23)13-6-7-14(17(18,19)20)22-16(13)24/h3-8H,2,9-10H2,1H3,(H,21,23)(H,22,24). The summed E-state index contributed by atoms with van der Waals surface area (Å²) in [6, 6.07) is 8.84. The number of aromatic nitrogens is 1. The smallest absolute Gasteiger partial charge is 0.377 e. The van der Waals surface area contributed by atoms with Gasteiger partial charge >= 0.3 is 6.18 Å². The molecule has 1 amide bonds. The van der Waals surface area contributed by atoms with Crippen molar-refractivity contribution in [1.29, 1.82) is 0 Å². The Labute approximate surface area is 141 Å². The highest BCUT2D eigenvalue weighted by atomic mass is 19.4. The predicted molar refractivity (Wildman–Crippen MR) is 85.0 cm³/mol. The second kappa shape index (κ2) is 7.98. The zero-order valence-corrected chi connectivity index (χ0v) is 13.4. The van der Waals surface area contributed by atoms with E-state index in [9.17, 15) is 22.8 Å². The van der Waals surface area contributed by atoms with E-state index in [1.54, 1.807) is 17.1 Å². The summed E-state index contributed by atoms with van der Waals surface area (Å²) >= 11 is 0. The molecule has 2 rings (SSSR count). The number of halogens is 3. The van der Waals surface area contributed by atoms with Gasteiger partial charge in [0.2, 0.25) is 0 Å². The number of pyridine rings is 1. The lowest BCUT2D eigenvalue weighted by Crippen LogP contribution is -2.30. The number of benzene rings is 1. The number of carbonyl (C=O) groups excluding carboxylic acids is 1. The average Bonchev–Trinajstić information content (AvgIpc) is 2.57. The van der Waals surface area contributed by atoms with Gasteiger partial charge in [-0.25, -0.2) is 0 Å². The molecule has 134 valence electrons. The van der Waals surface area contributed by atoms with Gasteiger partial charge in [0.1, 0.15) is 11.3 Å². The molecule has 0 aliphatic heterocycles. The summed E-state index contributed by atoms with van der Waals surface area (Å²) in [5.41, 5.74) is -0.941. The first-order valence-electron chi connectivity index (χ1n) is 7.55. The molecule has 0 saturated heterocycles. The van der Waals surface area contributed by atoms with Crippen LogP contribution in [0.3, 0.4) is 0 Å². The molecular formula is C17H17F3N2O3. The molecule has 0 spiro atoms. The number of hydrogen-bond donors (Lipinski definition) is 2. The second-order valence-corrected chi connectivity index (χ2v) is 5.25. The molecule has 0 aliphatic carbocycles. The van der Waals surface area contributed by atoms with E-state index in [4.69, 9.17) is 4.74 Å². The molecule has 2 N–H and O–H groups in total. The summed E-state index contributed by atoms with van der Waals surface area (Å²) in [6.07, 6.45) is -4.67. The lowest BCUT2D eigenvalue weighted by molar-refractivity contribution is -0.141. The molecular weight excluding hydrogens is 337 g/mol. The maximum Gasteiger partial charge on any atom is 0.431 e. The second-order valence-electron chi connectivity index (χ2n) is 5.25. The summed E-state index contributed by atoms with van der Waals surface area (Å²) in [6.45, 7) is 3.04. The van der Waals surface area contributed by atoms with E-state index in [-0.39, 0.29) is 12.1 Å². The van der Waals surface area contributed by atoms with Crippen LogP contribution in [-0.4, -0.2) is 17.5 Å². The number of nitrogens with one attached hydrogen (secondary N) is 2. The maximum atomic E-state index is 12.5. The van der Waals surface area contributed by atoms with Crippen molar-refractivity contribution >= 4 is 5.91 Å². The molecule has 25 heavy (non-hydrogen) atoms. The fourth-order valence-electron chi connectivity index (χ4n) is 2.14. The number of hydrogen-bond acceptors (Lipinski definition) is 3. The van der Waals surface area contributed by atoms with Gasteiger partial charge in [-0.15, -0.1) is 0 Å². The molecule has 1 aromatic heterocycles. The summed E-state index contributed by atoms with van der Waals surface area (Å²) in [7, 11) is 0. The van der Waals surface area contributed by atoms with Crippen molar-refractivity contribution in [3.63, 3.8) is 0 Å². The Kier molecular flexibility index (Phi) is 5.97. The largest absolute Gasteiger partial charge is 0.431 e. The number of alkyl halides is 3. The van der Waals surface area contributed by atoms with Crippen molar-refractivity contribution in [2.24, 2.45) is 0 Å². The van der Waals surface area contributed by atoms with Gasteiger partial charge in [-0.1, -0.05) is 24.3 Å². The quantitative estimate of drug-likeness (QED) is 0.838. The van der Waals surface area contributed by atoms with Gasteiger partial charge in [0, 0.05) is 13.2 Å². The lowest BCUT2D eigenvalue weighted by Gasteiger charge is -2.09. The van der Waals surface area contributed by atoms with Crippen LogP contribution in [0.25, 0.3) is 0 Å². The number of aromatic amines is 1. The van der Waals surface area contributed by atoms with Gasteiger partial charge in [-0.3, -0.25) is 9.59 Å². The average molecular weight is 354 g/mol. The first-order valence-corrected chi connectivity index (χ1v) is 7.55. The molecule has 0 saturated carbocycles. The number of carbonyl (C=O) groups is 1. The van der Waals surface area contributed by atoms with Gasteiger partial charge in [-0.05, 0) is 30.2 Å². The Balaban J connectivity index is 2.04. The van der Waals surface area contributed by atoms with E-state index in [0.29, 0.717) is 19.3 Å². The fraction of sp³-hybridized carbons (Fsp3) is 0.294. The zero-order chi connectivity index (χ0) is 18.4. The molecule has 2 aromatic rings. The predicted octanol–water partition coefficient (Wildman–Crippen LogP) is 2.86. The molecule has 0 bridgehead atoms. The minimum atomic E-state index is -4.67. The fourth-order valence-corrected chi connectivity index (χ4v) is 2.14. The summed E-state index contributed by atoms with van der Waals surface area (Å²) < 4.78 is 42.8. The number of H-pyrrole nitrogens is 1. The lowest BCUT2D eigenvalue weighted by atomic mass is 10.1. The van der Waals surface area contributed by atoms with Crippen LogP contribution in [0, 0.1) is 0 Å². The molecule has 0 atom stereocenters. The first kappa shape index (κ1) is 18.7. The van der Waals surface area contributed by atoms with Crippen molar-refractivity contribution in [3.8, 4) is 0 Å². The van der Waals surface area contributed by atoms with E-state index in [1.807, 2.05) is 19.1 Å². The van der Waals surface area contributed by atoms with Crippen LogP contribution in [-0.2, 0) is 24.1 Å². The van der Waals surface area contributed by atoms with Crippen molar-refractivity contribution in [2.75, 3.05) is 6.61 Å². The highest BCUT2D eigenvalue weighted by Crippen LogP contribution is 2.26. The van der Waals surface area contributed by atoms with Crippen LogP contribution in [0.15, 0.2) is 41.2 Å². The number of ether oxygens (including phenoxy) is 1. The third-order valence-electron chi connectivity index (χ3n) is 3.38. The van der Waals surface area contributed by atoms with Crippen LogP contribution in [0.5, 0.6) is 0 Å². The van der Waals surface area contributed by atoms with Gasteiger partial charge < -0.3 is 15.0 Å². The molecule has 1 aromatic carbocycles. The Hall–Kier alpha value is -2.61. The molecule has 1 heterocycles. The Morgan fingerprint density at radius 1 is 1.20 bits per heavy atom. The van der Waals surface area contributed by atoms with Crippen LogP contribution in [0.2, 0.25) is 0 Å². The molecule has 8 heteroatoms. The van der Waals surface area contributed by atoms with Gasteiger partial charge in [0.05, 0.1) is 6.61 Å². The van der Waals surface area contributed by atoms with Crippen molar-refractivity contribution in [1.82, 2.24) is 10.3 Å². The Morgan fingerprint density at radius 2 is 1.92 bits per heavy atom. The Morgan fingerprint density at radius 3 is 2.56 bits per heavy atom. The van der Waals surface area contributed by atoms with E-state index in [2.05, 4.69) is 5.32 Å². The van der Waals surface area contributed by atoms with Gasteiger partial charge in [0.25, 0.3) is 11.5 Å². The van der Waals surface area contributed by atoms with Crippen LogP contribution in [0.1, 0.15) is 34.1 Å². The van der Waals surface area contributed by atoms with Crippen LogP contribution < -0.4 is 10.9 Å². The topological polar surface area (TPSA) is 71.2 Å². The van der Waals surface area contributed by atoms with E-state index >= 15 is 0 Å². The highest BCUT2D eigenvalue weighted by Gasteiger charge is 2.32. The molecule has 0 unspecified atom stereocenters. The molecule has 0 radical (unpaired) electrons. The minimum absolute atomic E-state index is 0.138. The van der Waals surface area contributed by atoms with E-state index < -0.39 is 23.3 Å². The van der Waals surface area contributed by atoms with Crippen molar-refractivity contribution < 1.29 is 22.7 Å². The molecule has 5 nitrogen and oxygen atoms in total. The zero-order valence-electron chi connectivity index (χ0n) is 13.4. The minimum Gasteiger partial charge on any atom is -0.377 e. The SMILES string of the molecule is CCOCc1cccc(CNC(=O)c2ccc(C(F)(F)F)[nH]c2=O)c1. The van der Waals surface area contributed by atoms with Crippen molar-refractivity contribution in [3.05, 3.63) is 69.1 Å². The van der Waals surface area contributed by atoms with Crippen molar-refractivity contribution in [2.45, 2.75) is 26.3 Å². The monoisotopic (exact) mass is 354 g/mol. The van der Waals surface area contributed by atoms with E-state index in [0.717, 1.165) is 17.2 Å². The molecule has 0 fully saturated rings. The van der Waals surface area contributed by atoms with Crippen LogP contribution >= 0.6 is 0 Å². The number of amides is 1.